The van der Waals surface area contributed by atoms with Gasteiger partial charge in [-0.3, -0.25) is 4.79 Å². The van der Waals surface area contributed by atoms with Gasteiger partial charge >= 0.3 is 0 Å². The van der Waals surface area contributed by atoms with Crippen molar-refractivity contribution in [2.24, 2.45) is 0 Å². The Morgan fingerprint density at radius 2 is 1.96 bits per heavy atom. The van der Waals surface area contributed by atoms with E-state index in [0.29, 0.717) is 11.6 Å². The van der Waals surface area contributed by atoms with Crippen LogP contribution in [0.1, 0.15) is 43.4 Å². The first-order valence-electron chi connectivity index (χ1n) is 9.47. The number of nitrogens with one attached hydrogen (secondary N) is 1. The number of ether oxygens (including phenoxy) is 2. The van der Waals surface area contributed by atoms with Crippen molar-refractivity contribution in [3.05, 3.63) is 70.7 Å². The van der Waals surface area contributed by atoms with Gasteiger partial charge in [0, 0.05) is 11.6 Å². The number of benzene rings is 2. The summed E-state index contributed by atoms with van der Waals surface area (Å²) in [6, 6.07) is 17.1. The van der Waals surface area contributed by atoms with E-state index in [1.54, 1.807) is 6.92 Å². The summed E-state index contributed by atoms with van der Waals surface area (Å²) in [6.07, 6.45) is 2.78. The van der Waals surface area contributed by atoms with Crippen LogP contribution in [0.25, 0.3) is 0 Å². The maximum absolute atomic E-state index is 12.7. The lowest BCUT2D eigenvalue weighted by Gasteiger charge is -2.25. The molecule has 3 atom stereocenters. The predicted molar refractivity (Wildman–Crippen MR) is 107 cm³/mol. The molecule has 0 spiro atoms. The predicted octanol–water partition coefficient (Wildman–Crippen LogP) is 4.52. The van der Waals surface area contributed by atoms with Crippen molar-refractivity contribution in [2.45, 2.75) is 44.4 Å². The number of carbonyl (C=O) groups excluding carboxylic acids is 1. The third kappa shape index (κ3) is 5.80. The van der Waals surface area contributed by atoms with E-state index >= 15 is 0 Å². The van der Waals surface area contributed by atoms with E-state index in [4.69, 9.17) is 21.1 Å². The minimum Gasteiger partial charge on any atom is -0.376 e. The monoisotopic (exact) mass is 387 g/mol. The summed E-state index contributed by atoms with van der Waals surface area (Å²) in [4.78, 5) is 12.7. The molecule has 1 amide bonds. The third-order valence-electron chi connectivity index (χ3n) is 4.78. The van der Waals surface area contributed by atoms with Crippen molar-refractivity contribution < 1.29 is 14.3 Å². The van der Waals surface area contributed by atoms with Gasteiger partial charge in [0.15, 0.2) is 0 Å². The lowest BCUT2D eigenvalue weighted by molar-refractivity contribution is -0.136. The van der Waals surface area contributed by atoms with Crippen LogP contribution in [-0.4, -0.2) is 31.3 Å². The lowest BCUT2D eigenvalue weighted by atomic mass is 9.98. The Balaban J connectivity index is 1.66. The molecular weight excluding hydrogens is 362 g/mol. The molecule has 3 unspecified atom stereocenters. The second-order valence-electron chi connectivity index (χ2n) is 6.87. The maximum atomic E-state index is 12.7. The molecule has 0 aromatic heterocycles. The van der Waals surface area contributed by atoms with Crippen molar-refractivity contribution >= 4 is 17.5 Å². The zero-order chi connectivity index (χ0) is 19.1. The van der Waals surface area contributed by atoms with Crippen LogP contribution >= 0.6 is 11.6 Å². The molecule has 2 aromatic carbocycles. The molecule has 144 valence electrons. The molecule has 0 bridgehead atoms. The first-order valence-corrected chi connectivity index (χ1v) is 9.85. The quantitative estimate of drug-likeness (QED) is 0.759. The minimum atomic E-state index is -0.555. The van der Waals surface area contributed by atoms with Crippen molar-refractivity contribution in [1.29, 1.82) is 0 Å². The number of halogens is 1. The summed E-state index contributed by atoms with van der Waals surface area (Å²) in [5.74, 6) is -0.153. The molecule has 1 saturated heterocycles. The normalized spacial score (nSPS) is 19.3. The summed E-state index contributed by atoms with van der Waals surface area (Å²) in [7, 11) is 0. The summed E-state index contributed by atoms with van der Waals surface area (Å²) in [5.41, 5.74) is 1.93. The van der Waals surface area contributed by atoms with Crippen LogP contribution in [0.5, 0.6) is 0 Å². The highest BCUT2D eigenvalue weighted by Gasteiger charge is 2.23. The number of carbonyl (C=O) groups is 1. The molecule has 1 N–H and O–H groups in total. The van der Waals surface area contributed by atoms with Gasteiger partial charge < -0.3 is 14.8 Å². The number of hydrogen-bond acceptors (Lipinski definition) is 3. The summed E-state index contributed by atoms with van der Waals surface area (Å²) in [5, 5.41) is 3.74. The molecule has 0 aliphatic carbocycles. The highest BCUT2D eigenvalue weighted by molar-refractivity contribution is 6.30. The van der Waals surface area contributed by atoms with Crippen LogP contribution < -0.4 is 5.32 Å². The van der Waals surface area contributed by atoms with Gasteiger partial charge in [0.25, 0.3) is 0 Å². The van der Waals surface area contributed by atoms with E-state index in [1.165, 1.54) is 0 Å². The van der Waals surface area contributed by atoms with E-state index < -0.39 is 6.10 Å². The molecular formula is C22H26ClNO3. The van der Waals surface area contributed by atoms with Crippen LogP contribution in [-0.2, 0) is 14.3 Å². The fraction of sp³-hybridized carbons (Fsp3) is 0.409. The fourth-order valence-corrected chi connectivity index (χ4v) is 3.42. The number of rotatable bonds is 7. The van der Waals surface area contributed by atoms with Gasteiger partial charge in [-0.15, -0.1) is 0 Å². The molecule has 1 fully saturated rings. The Labute approximate surface area is 165 Å². The molecule has 0 radical (unpaired) electrons. The van der Waals surface area contributed by atoms with E-state index in [2.05, 4.69) is 5.32 Å². The lowest BCUT2D eigenvalue weighted by Crippen LogP contribution is -2.39. The maximum Gasteiger partial charge on any atom is 0.249 e. The zero-order valence-electron chi connectivity index (χ0n) is 15.6. The highest BCUT2D eigenvalue weighted by Crippen LogP contribution is 2.24. The second kappa shape index (κ2) is 9.88. The third-order valence-corrected chi connectivity index (χ3v) is 5.01. The highest BCUT2D eigenvalue weighted by atomic mass is 35.5. The van der Waals surface area contributed by atoms with Crippen LogP contribution in [0.4, 0.5) is 0 Å². The summed E-state index contributed by atoms with van der Waals surface area (Å²) < 4.78 is 11.4. The van der Waals surface area contributed by atoms with Crippen molar-refractivity contribution in [3.8, 4) is 0 Å². The SMILES string of the molecule is CC(OCC1CCCCO1)C(=O)NC(c1ccccc1)c1cccc(Cl)c1. The topological polar surface area (TPSA) is 47.6 Å². The Morgan fingerprint density at radius 1 is 1.19 bits per heavy atom. The second-order valence-corrected chi connectivity index (χ2v) is 7.31. The fourth-order valence-electron chi connectivity index (χ4n) is 3.22. The molecule has 27 heavy (non-hydrogen) atoms. The van der Waals surface area contributed by atoms with Gasteiger partial charge in [0.2, 0.25) is 5.91 Å². The van der Waals surface area contributed by atoms with E-state index in [9.17, 15) is 4.79 Å². The van der Waals surface area contributed by atoms with Gasteiger partial charge in [-0.2, -0.15) is 0 Å². The first-order chi connectivity index (χ1) is 13.1. The van der Waals surface area contributed by atoms with Crippen LogP contribution in [0.15, 0.2) is 54.6 Å². The molecule has 3 rings (SSSR count). The van der Waals surface area contributed by atoms with Gasteiger partial charge in [-0.1, -0.05) is 54.1 Å². The van der Waals surface area contributed by atoms with Crippen molar-refractivity contribution in [2.75, 3.05) is 13.2 Å². The Kier molecular flexibility index (Phi) is 7.27. The van der Waals surface area contributed by atoms with E-state index in [0.717, 1.165) is 37.0 Å². The van der Waals surface area contributed by atoms with Crippen molar-refractivity contribution in [1.82, 2.24) is 5.32 Å². The minimum absolute atomic E-state index is 0.0897. The molecule has 1 aliphatic heterocycles. The average Bonchev–Trinajstić information content (AvgIpc) is 2.71. The molecule has 2 aromatic rings. The smallest absolute Gasteiger partial charge is 0.249 e. The Morgan fingerprint density at radius 3 is 2.67 bits per heavy atom. The van der Waals surface area contributed by atoms with Crippen LogP contribution in [0, 0.1) is 0 Å². The molecule has 4 nitrogen and oxygen atoms in total. The van der Waals surface area contributed by atoms with Gasteiger partial charge in [0.05, 0.1) is 18.8 Å². The van der Waals surface area contributed by atoms with E-state index in [1.807, 2.05) is 54.6 Å². The molecule has 5 heteroatoms. The average molecular weight is 388 g/mol. The first kappa shape index (κ1) is 19.9. The molecule has 0 saturated carbocycles. The van der Waals surface area contributed by atoms with Crippen LogP contribution in [0.3, 0.4) is 0 Å². The van der Waals surface area contributed by atoms with Gasteiger partial charge in [-0.25, -0.2) is 0 Å². The Bertz CT molecular complexity index is 731. The van der Waals surface area contributed by atoms with Crippen molar-refractivity contribution in [3.63, 3.8) is 0 Å². The van der Waals surface area contributed by atoms with E-state index in [-0.39, 0.29) is 18.1 Å². The number of amides is 1. The van der Waals surface area contributed by atoms with Crippen LogP contribution in [0.2, 0.25) is 5.02 Å². The Hall–Kier alpha value is -1.88. The van der Waals surface area contributed by atoms with Gasteiger partial charge in [-0.05, 0) is 49.4 Å². The van der Waals surface area contributed by atoms with Gasteiger partial charge in [0.1, 0.15) is 6.10 Å². The number of hydrogen-bond donors (Lipinski definition) is 1. The molecule has 1 aliphatic rings. The zero-order valence-corrected chi connectivity index (χ0v) is 16.3. The molecule has 1 heterocycles. The standard InChI is InChI=1S/C22H26ClNO3/c1-16(27-15-20-12-5-6-13-26-20)22(25)24-21(17-8-3-2-4-9-17)18-10-7-11-19(23)14-18/h2-4,7-11,14,16,20-21H,5-6,12-13,15H2,1H3,(H,24,25). The summed E-state index contributed by atoms with van der Waals surface area (Å²) in [6.45, 7) is 3.00. The largest absolute Gasteiger partial charge is 0.376 e. The summed E-state index contributed by atoms with van der Waals surface area (Å²) >= 11 is 6.16.